The zero-order chi connectivity index (χ0) is 25.1. The predicted molar refractivity (Wildman–Crippen MR) is 139 cm³/mol. The van der Waals surface area contributed by atoms with Crippen molar-refractivity contribution in [3.8, 4) is 0 Å². The second kappa shape index (κ2) is 10.7. The van der Waals surface area contributed by atoms with E-state index in [1.54, 1.807) is 19.1 Å². The Kier molecular flexibility index (Phi) is 7.62. The second-order valence-electron chi connectivity index (χ2n) is 8.45. The molecule has 1 saturated heterocycles. The molecule has 8 nitrogen and oxygen atoms in total. The minimum absolute atomic E-state index is 0.0196. The van der Waals surface area contributed by atoms with E-state index in [0.717, 1.165) is 5.69 Å². The summed E-state index contributed by atoms with van der Waals surface area (Å²) in [4.78, 5) is 40.9. The van der Waals surface area contributed by atoms with E-state index in [1.165, 1.54) is 0 Å². The van der Waals surface area contributed by atoms with E-state index in [9.17, 15) is 9.59 Å². The van der Waals surface area contributed by atoms with Crippen LogP contribution in [-0.4, -0.2) is 73.6 Å². The number of aromatic nitrogens is 2. The third kappa shape index (κ3) is 5.44. The van der Waals surface area contributed by atoms with Gasteiger partial charge in [-0.15, -0.1) is 0 Å². The van der Waals surface area contributed by atoms with E-state index in [-0.39, 0.29) is 18.2 Å². The van der Waals surface area contributed by atoms with Gasteiger partial charge in [-0.2, -0.15) is 0 Å². The van der Waals surface area contributed by atoms with Gasteiger partial charge in [0.1, 0.15) is 0 Å². The summed E-state index contributed by atoms with van der Waals surface area (Å²) in [5.74, 6) is -0.158. The van der Waals surface area contributed by atoms with Gasteiger partial charge < -0.3 is 19.4 Å². The van der Waals surface area contributed by atoms with Crippen LogP contribution in [0.4, 0.5) is 11.5 Å². The quantitative estimate of drug-likeness (QED) is 0.461. The molecule has 184 valence electrons. The average Bonchev–Trinajstić information content (AvgIpc) is 3.10. The third-order valence-electron chi connectivity index (χ3n) is 5.87. The number of carbonyl (C=O) groups is 2. The molecule has 10 heteroatoms. The van der Waals surface area contributed by atoms with Gasteiger partial charge in [0.05, 0.1) is 27.7 Å². The minimum atomic E-state index is -0.555. The van der Waals surface area contributed by atoms with Crippen LogP contribution in [0.2, 0.25) is 10.0 Å². The molecule has 0 saturated carbocycles. The van der Waals surface area contributed by atoms with E-state index in [2.05, 4.69) is 4.98 Å². The van der Waals surface area contributed by atoms with Gasteiger partial charge in [0.15, 0.2) is 11.5 Å². The first-order valence-electron chi connectivity index (χ1n) is 11.4. The molecule has 0 spiro atoms. The Bertz CT molecular complexity index is 1250. The van der Waals surface area contributed by atoms with Gasteiger partial charge in [0, 0.05) is 51.5 Å². The lowest BCUT2D eigenvalue weighted by Gasteiger charge is -2.24. The molecule has 0 unspecified atom stereocenters. The lowest BCUT2D eigenvalue weighted by molar-refractivity contribution is 0.0520. The SMILES string of the molecule is CCOC(=O)c1nc2cc(Cl)c(Cl)cc2nc1N1CCCN(C(=O)c2ccc(N(C)C)cc2)CC1. The van der Waals surface area contributed by atoms with Crippen molar-refractivity contribution in [2.75, 3.05) is 56.7 Å². The monoisotopic (exact) mass is 515 g/mol. The highest BCUT2D eigenvalue weighted by Gasteiger charge is 2.26. The summed E-state index contributed by atoms with van der Waals surface area (Å²) in [6.07, 6.45) is 0.713. The standard InChI is InChI=1S/C25H27Cl2N5O3/c1-4-35-25(34)22-23(29-21-15-19(27)18(26)14-20(21)28-22)31-10-5-11-32(13-12-31)24(33)16-6-8-17(9-7-16)30(2)3/h6-9,14-15H,4-5,10-13H2,1-3H3. The van der Waals surface area contributed by atoms with Crippen molar-refractivity contribution >= 4 is 57.6 Å². The van der Waals surface area contributed by atoms with Crippen LogP contribution in [-0.2, 0) is 4.74 Å². The minimum Gasteiger partial charge on any atom is -0.461 e. The molecule has 1 fully saturated rings. The van der Waals surface area contributed by atoms with Gasteiger partial charge in [-0.05, 0) is 49.7 Å². The normalized spacial score (nSPS) is 14.1. The summed E-state index contributed by atoms with van der Waals surface area (Å²) in [6, 6.07) is 10.8. The molecule has 1 aromatic heterocycles. The Balaban J connectivity index is 1.60. The van der Waals surface area contributed by atoms with Gasteiger partial charge in [-0.1, -0.05) is 23.2 Å². The summed E-state index contributed by atoms with van der Waals surface area (Å²) < 4.78 is 5.24. The molecule has 2 heterocycles. The lowest BCUT2D eigenvalue weighted by atomic mass is 10.1. The Hall–Kier alpha value is -3.10. The Labute approximate surface area is 214 Å². The molecule has 3 aromatic rings. The van der Waals surface area contributed by atoms with Crippen LogP contribution in [0.15, 0.2) is 36.4 Å². The molecule has 35 heavy (non-hydrogen) atoms. The third-order valence-corrected chi connectivity index (χ3v) is 6.59. The Morgan fingerprint density at radius 3 is 2.26 bits per heavy atom. The molecule has 0 bridgehead atoms. The molecule has 1 aliphatic heterocycles. The number of amides is 1. The molecule has 4 rings (SSSR count). The summed E-state index contributed by atoms with van der Waals surface area (Å²) >= 11 is 12.3. The number of nitrogens with zero attached hydrogens (tertiary/aromatic N) is 5. The fraction of sp³-hybridized carbons (Fsp3) is 0.360. The number of ether oxygens (including phenoxy) is 1. The number of hydrogen-bond acceptors (Lipinski definition) is 7. The molecular weight excluding hydrogens is 489 g/mol. The fourth-order valence-corrected chi connectivity index (χ4v) is 4.33. The van der Waals surface area contributed by atoms with E-state index in [4.69, 9.17) is 32.9 Å². The van der Waals surface area contributed by atoms with Crippen molar-refractivity contribution < 1.29 is 14.3 Å². The molecule has 1 aliphatic rings. The van der Waals surface area contributed by atoms with E-state index >= 15 is 0 Å². The number of benzene rings is 2. The van der Waals surface area contributed by atoms with Crippen molar-refractivity contribution in [2.24, 2.45) is 0 Å². The van der Waals surface area contributed by atoms with Crippen LogP contribution in [0.25, 0.3) is 11.0 Å². The summed E-state index contributed by atoms with van der Waals surface area (Å²) in [5, 5.41) is 0.690. The van der Waals surface area contributed by atoms with Gasteiger partial charge in [-0.3, -0.25) is 4.79 Å². The van der Waals surface area contributed by atoms with Crippen molar-refractivity contribution in [3.63, 3.8) is 0 Å². The number of hydrogen-bond donors (Lipinski definition) is 0. The Morgan fingerprint density at radius 1 is 0.971 bits per heavy atom. The van der Waals surface area contributed by atoms with E-state index < -0.39 is 5.97 Å². The van der Waals surface area contributed by atoms with E-state index in [0.29, 0.717) is 65.1 Å². The fourth-order valence-electron chi connectivity index (χ4n) is 4.02. The van der Waals surface area contributed by atoms with Crippen molar-refractivity contribution in [3.05, 3.63) is 57.7 Å². The predicted octanol–water partition coefficient (Wildman–Crippen LogP) is 4.53. The number of fused-ring (bicyclic) bond motifs is 1. The number of halogens is 2. The van der Waals surface area contributed by atoms with Gasteiger partial charge in [0.25, 0.3) is 5.91 Å². The first-order chi connectivity index (χ1) is 16.8. The highest BCUT2D eigenvalue weighted by Crippen LogP contribution is 2.29. The van der Waals surface area contributed by atoms with Crippen LogP contribution >= 0.6 is 23.2 Å². The molecule has 2 aromatic carbocycles. The maximum absolute atomic E-state index is 13.1. The van der Waals surface area contributed by atoms with Gasteiger partial charge in [0.2, 0.25) is 0 Å². The highest BCUT2D eigenvalue weighted by atomic mass is 35.5. The number of anilines is 2. The lowest BCUT2D eigenvalue weighted by Crippen LogP contribution is -2.36. The topological polar surface area (TPSA) is 78.9 Å². The van der Waals surface area contributed by atoms with Crippen LogP contribution in [0.3, 0.4) is 0 Å². The molecule has 0 N–H and O–H groups in total. The molecular formula is C25H27Cl2N5O3. The van der Waals surface area contributed by atoms with E-state index in [1.807, 2.05) is 53.1 Å². The van der Waals surface area contributed by atoms with Crippen LogP contribution < -0.4 is 9.80 Å². The average molecular weight is 516 g/mol. The largest absolute Gasteiger partial charge is 0.461 e. The molecule has 1 amide bonds. The first-order valence-corrected chi connectivity index (χ1v) is 12.2. The van der Waals surface area contributed by atoms with Gasteiger partial charge >= 0.3 is 5.97 Å². The highest BCUT2D eigenvalue weighted by molar-refractivity contribution is 6.42. The maximum atomic E-state index is 13.1. The van der Waals surface area contributed by atoms with Crippen molar-refractivity contribution in [1.82, 2.24) is 14.9 Å². The van der Waals surface area contributed by atoms with Gasteiger partial charge in [-0.25, -0.2) is 14.8 Å². The second-order valence-corrected chi connectivity index (χ2v) is 9.26. The number of esters is 1. The van der Waals surface area contributed by atoms with Crippen molar-refractivity contribution in [2.45, 2.75) is 13.3 Å². The van der Waals surface area contributed by atoms with Crippen LogP contribution in [0, 0.1) is 0 Å². The van der Waals surface area contributed by atoms with Crippen molar-refractivity contribution in [1.29, 1.82) is 0 Å². The molecule has 0 aliphatic carbocycles. The summed E-state index contributed by atoms with van der Waals surface area (Å²) in [5.41, 5.74) is 2.79. The zero-order valence-corrected chi connectivity index (χ0v) is 21.4. The number of carbonyl (C=O) groups excluding carboxylic acids is 2. The first kappa shape index (κ1) is 25.0. The summed E-state index contributed by atoms with van der Waals surface area (Å²) in [6.45, 7) is 4.14. The van der Waals surface area contributed by atoms with Crippen LogP contribution in [0.5, 0.6) is 0 Å². The summed E-state index contributed by atoms with van der Waals surface area (Å²) in [7, 11) is 3.92. The Morgan fingerprint density at radius 2 is 1.63 bits per heavy atom. The number of rotatable bonds is 5. The maximum Gasteiger partial charge on any atom is 0.360 e. The molecule has 0 radical (unpaired) electrons. The zero-order valence-electron chi connectivity index (χ0n) is 19.9. The van der Waals surface area contributed by atoms with Crippen LogP contribution in [0.1, 0.15) is 34.2 Å². The molecule has 0 atom stereocenters. The smallest absolute Gasteiger partial charge is 0.360 e.